The average molecular weight is 152 g/mol. The van der Waals surface area contributed by atoms with E-state index in [1.54, 1.807) is 6.92 Å². The first-order valence-corrected chi connectivity index (χ1v) is 3.68. The van der Waals surface area contributed by atoms with Gasteiger partial charge in [-0.25, -0.2) is 0 Å². The van der Waals surface area contributed by atoms with Crippen LogP contribution in [-0.4, -0.2) is 11.9 Å². The van der Waals surface area contributed by atoms with Gasteiger partial charge in [0, 0.05) is 0 Å². The third-order valence-electron chi connectivity index (χ3n) is 1.66. The second kappa shape index (κ2) is 2.91. The van der Waals surface area contributed by atoms with Crippen LogP contribution < -0.4 is 0 Å². The van der Waals surface area contributed by atoms with Gasteiger partial charge in [0.05, 0.1) is 5.57 Å². The Bertz CT molecular complexity index is 236. The standard InChI is InChI=1S/C9H12O2/c1-6-4-5-9(7(2)10)8(3)11-6/h4-6H,1-3H3. The quantitative estimate of drug-likeness (QED) is 0.573. The lowest BCUT2D eigenvalue weighted by Gasteiger charge is -2.17. The third kappa shape index (κ3) is 1.70. The lowest BCUT2D eigenvalue weighted by atomic mass is 10.1. The molecule has 1 heterocycles. The van der Waals surface area contributed by atoms with Crippen molar-refractivity contribution < 1.29 is 9.53 Å². The van der Waals surface area contributed by atoms with Crippen LogP contribution in [-0.2, 0) is 9.53 Å². The van der Waals surface area contributed by atoms with E-state index in [0.29, 0.717) is 5.57 Å². The molecule has 0 saturated carbocycles. The van der Waals surface area contributed by atoms with E-state index in [1.165, 1.54) is 0 Å². The molecule has 0 N–H and O–H groups in total. The molecule has 0 amide bonds. The molecular formula is C9H12O2. The fourth-order valence-corrected chi connectivity index (χ4v) is 1.10. The Kier molecular flexibility index (Phi) is 2.13. The van der Waals surface area contributed by atoms with E-state index in [4.69, 9.17) is 4.74 Å². The highest BCUT2D eigenvalue weighted by atomic mass is 16.5. The average Bonchev–Trinajstić information content (AvgIpc) is 1.85. The molecule has 0 radical (unpaired) electrons. The number of Topliss-reactive ketones (excluding diaryl/α,β-unsaturated/α-hetero) is 1. The van der Waals surface area contributed by atoms with Crippen LogP contribution >= 0.6 is 0 Å². The smallest absolute Gasteiger partial charge is 0.163 e. The Hall–Kier alpha value is -1.05. The third-order valence-corrected chi connectivity index (χ3v) is 1.66. The zero-order chi connectivity index (χ0) is 8.43. The summed E-state index contributed by atoms with van der Waals surface area (Å²) in [7, 11) is 0. The molecule has 0 aromatic carbocycles. The Morgan fingerprint density at radius 1 is 1.64 bits per heavy atom. The molecular weight excluding hydrogens is 140 g/mol. The first-order valence-electron chi connectivity index (χ1n) is 3.68. The minimum absolute atomic E-state index is 0.0608. The number of ketones is 1. The zero-order valence-corrected chi connectivity index (χ0v) is 7.05. The summed E-state index contributed by atoms with van der Waals surface area (Å²) >= 11 is 0. The number of carbonyl (C=O) groups is 1. The molecule has 2 nitrogen and oxygen atoms in total. The second-order valence-corrected chi connectivity index (χ2v) is 2.71. The van der Waals surface area contributed by atoms with Crippen molar-refractivity contribution in [3.8, 4) is 0 Å². The number of ether oxygens (including phenoxy) is 1. The van der Waals surface area contributed by atoms with Crippen molar-refractivity contribution >= 4 is 5.78 Å². The summed E-state index contributed by atoms with van der Waals surface area (Å²) in [6.45, 7) is 5.30. The van der Waals surface area contributed by atoms with Gasteiger partial charge in [-0.1, -0.05) is 0 Å². The van der Waals surface area contributed by atoms with Gasteiger partial charge in [0.25, 0.3) is 0 Å². The second-order valence-electron chi connectivity index (χ2n) is 2.71. The van der Waals surface area contributed by atoms with Crippen molar-refractivity contribution in [3.05, 3.63) is 23.5 Å². The van der Waals surface area contributed by atoms with E-state index in [2.05, 4.69) is 0 Å². The van der Waals surface area contributed by atoms with Crippen LogP contribution in [0.5, 0.6) is 0 Å². The maximum atomic E-state index is 10.9. The van der Waals surface area contributed by atoms with Crippen LogP contribution in [0, 0.1) is 0 Å². The molecule has 1 aliphatic rings. The first-order chi connectivity index (χ1) is 5.11. The molecule has 0 aromatic rings. The highest BCUT2D eigenvalue weighted by Crippen LogP contribution is 2.16. The normalized spacial score (nSPS) is 23.4. The van der Waals surface area contributed by atoms with Gasteiger partial charge in [-0.05, 0) is 32.9 Å². The van der Waals surface area contributed by atoms with Crippen LogP contribution in [0.15, 0.2) is 23.5 Å². The van der Waals surface area contributed by atoms with Crippen LogP contribution in [0.3, 0.4) is 0 Å². The van der Waals surface area contributed by atoms with Crippen LogP contribution in [0.25, 0.3) is 0 Å². The molecule has 0 bridgehead atoms. The van der Waals surface area contributed by atoms with Gasteiger partial charge in [-0.3, -0.25) is 4.79 Å². The number of carbonyl (C=O) groups excluding carboxylic acids is 1. The maximum absolute atomic E-state index is 10.9. The largest absolute Gasteiger partial charge is 0.491 e. The van der Waals surface area contributed by atoms with Crippen molar-refractivity contribution in [1.82, 2.24) is 0 Å². The lowest BCUT2D eigenvalue weighted by molar-refractivity contribution is -0.113. The summed E-state index contributed by atoms with van der Waals surface area (Å²) < 4.78 is 5.33. The maximum Gasteiger partial charge on any atom is 0.163 e. The molecule has 1 rings (SSSR count). The summed E-state index contributed by atoms with van der Waals surface area (Å²) in [5.74, 6) is 0.790. The summed E-state index contributed by atoms with van der Waals surface area (Å²) in [6, 6.07) is 0. The Morgan fingerprint density at radius 2 is 2.27 bits per heavy atom. The first kappa shape index (κ1) is 8.05. The van der Waals surface area contributed by atoms with Crippen molar-refractivity contribution in [3.63, 3.8) is 0 Å². The van der Waals surface area contributed by atoms with Gasteiger partial charge in [0.1, 0.15) is 11.9 Å². The molecule has 1 unspecified atom stereocenters. The summed E-state index contributed by atoms with van der Waals surface area (Å²) in [4.78, 5) is 10.9. The fourth-order valence-electron chi connectivity index (χ4n) is 1.10. The predicted molar refractivity (Wildman–Crippen MR) is 43.1 cm³/mol. The highest BCUT2D eigenvalue weighted by Gasteiger charge is 2.12. The van der Waals surface area contributed by atoms with E-state index in [9.17, 15) is 4.79 Å². The fraction of sp³-hybridized carbons (Fsp3) is 0.444. The minimum atomic E-state index is 0.0608. The zero-order valence-electron chi connectivity index (χ0n) is 7.05. The number of rotatable bonds is 1. The molecule has 1 aliphatic heterocycles. The molecule has 0 saturated heterocycles. The van der Waals surface area contributed by atoms with Gasteiger partial charge in [0.2, 0.25) is 0 Å². The topological polar surface area (TPSA) is 26.3 Å². The molecule has 11 heavy (non-hydrogen) atoms. The molecule has 2 heteroatoms. The molecule has 0 aliphatic carbocycles. The van der Waals surface area contributed by atoms with Crippen molar-refractivity contribution in [2.24, 2.45) is 0 Å². The van der Waals surface area contributed by atoms with Gasteiger partial charge >= 0.3 is 0 Å². The molecule has 0 spiro atoms. The molecule has 0 fully saturated rings. The molecule has 60 valence electrons. The summed E-state index contributed by atoms with van der Waals surface area (Å²) in [6.07, 6.45) is 3.80. The Balaban J connectivity index is 2.88. The molecule has 0 aromatic heterocycles. The van der Waals surface area contributed by atoms with Crippen LogP contribution in [0.2, 0.25) is 0 Å². The lowest BCUT2D eigenvalue weighted by Crippen LogP contribution is -2.11. The highest BCUT2D eigenvalue weighted by molar-refractivity contribution is 5.96. The van der Waals surface area contributed by atoms with Gasteiger partial charge in [0.15, 0.2) is 5.78 Å². The summed E-state index contributed by atoms with van der Waals surface area (Å²) in [5.41, 5.74) is 0.683. The van der Waals surface area contributed by atoms with E-state index in [-0.39, 0.29) is 11.9 Å². The number of hydrogen-bond donors (Lipinski definition) is 0. The Morgan fingerprint density at radius 3 is 2.73 bits per heavy atom. The Labute approximate surface area is 66.5 Å². The predicted octanol–water partition coefficient (Wildman–Crippen LogP) is 1.82. The van der Waals surface area contributed by atoms with Crippen LogP contribution in [0.1, 0.15) is 20.8 Å². The van der Waals surface area contributed by atoms with E-state index < -0.39 is 0 Å². The van der Waals surface area contributed by atoms with E-state index in [1.807, 2.05) is 26.0 Å². The van der Waals surface area contributed by atoms with Gasteiger partial charge < -0.3 is 4.74 Å². The molecule has 1 atom stereocenters. The number of hydrogen-bond acceptors (Lipinski definition) is 2. The minimum Gasteiger partial charge on any atom is -0.491 e. The van der Waals surface area contributed by atoms with E-state index >= 15 is 0 Å². The SMILES string of the molecule is CC(=O)C1=C(C)OC(C)C=C1. The van der Waals surface area contributed by atoms with Crippen molar-refractivity contribution in [1.29, 1.82) is 0 Å². The van der Waals surface area contributed by atoms with Crippen LogP contribution in [0.4, 0.5) is 0 Å². The van der Waals surface area contributed by atoms with Crippen molar-refractivity contribution in [2.75, 3.05) is 0 Å². The monoisotopic (exact) mass is 152 g/mol. The van der Waals surface area contributed by atoms with E-state index in [0.717, 1.165) is 5.76 Å². The number of allylic oxidation sites excluding steroid dienone is 3. The van der Waals surface area contributed by atoms with Gasteiger partial charge in [-0.15, -0.1) is 0 Å². The summed E-state index contributed by atoms with van der Waals surface area (Å²) in [5, 5.41) is 0. The van der Waals surface area contributed by atoms with Gasteiger partial charge in [-0.2, -0.15) is 0 Å². The van der Waals surface area contributed by atoms with Crippen molar-refractivity contribution in [2.45, 2.75) is 26.9 Å².